The Labute approximate surface area is 156 Å². The summed E-state index contributed by atoms with van der Waals surface area (Å²) in [6.07, 6.45) is 1.38. The molecule has 1 aliphatic rings. The average molecular weight is 374 g/mol. The van der Waals surface area contributed by atoms with Gasteiger partial charge in [0.05, 0.1) is 23.4 Å². The van der Waals surface area contributed by atoms with Crippen LogP contribution in [0.1, 0.15) is 23.2 Å². The summed E-state index contributed by atoms with van der Waals surface area (Å²) in [4.78, 5) is 27.2. The molecule has 1 aliphatic heterocycles. The van der Waals surface area contributed by atoms with Crippen LogP contribution in [0.3, 0.4) is 0 Å². The summed E-state index contributed by atoms with van der Waals surface area (Å²) in [6, 6.07) is 11.8. The van der Waals surface area contributed by atoms with Gasteiger partial charge in [0.2, 0.25) is 5.91 Å². The molecule has 1 fully saturated rings. The molecule has 3 rings (SSSR count). The number of anilines is 2. The fraction of sp³-hybridized carbons (Fsp3) is 0.263. The van der Waals surface area contributed by atoms with E-state index >= 15 is 0 Å². The second-order valence-corrected chi connectivity index (χ2v) is 6.47. The number of piperidine rings is 1. The number of carbonyl (C=O) groups is 2. The number of halogens is 1. The lowest BCUT2D eigenvalue weighted by atomic mass is 10.0. The normalized spacial score (nSPS) is 17.1. The number of methoxy groups -OCH3 is 1. The van der Waals surface area contributed by atoms with Gasteiger partial charge in [0.1, 0.15) is 11.8 Å². The summed E-state index contributed by atoms with van der Waals surface area (Å²) in [5, 5.41) is 3.06. The lowest BCUT2D eigenvalue weighted by Gasteiger charge is -2.32. The summed E-state index contributed by atoms with van der Waals surface area (Å²) in [5.74, 6) is -0.235. The molecule has 2 aromatic rings. The monoisotopic (exact) mass is 373 g/mol. The Bertz CT molecular complexity index is 826. The second-order valence-electron chi connectivity index (χ2n) is 6.07. The number of benzene rings is 2. The van der Waals surface area contributed by atoms with Gasteiger partial charge in [-0.05, 0) is 31.0 Å². The highest BCUT2D eigenvalue weighted by Crippen LogP contribution is 2.29. The van der Waals surface area contributed by atoms with Crippen LogP contribution in [0.2, 0.25) is 5.02 Å². The topological polar surface area (TPSA) is 84.7 Å². The SMILES string of the molecule is COc1cc(N)c(Cl)cc1C(=O)NC1CCCN(c2ccccc2)C1=O. The zero-order chi connectivity index (χ0) is 18.7. The van der Waals surface area contributed by atoms with Crippen LogP contribution in [0.25, 0.3) is 0 Å². The molecule has 136 valence electrons. The maximum atomic E-state index is 12.8. The number of nitrogens with one attached hydrogen (secondary N) is 1. The number of amides is 2. The third-order valence-corrected chi connectivity index (χ3v) is 4.70. The quantitative estimate of drug-likeness (QED) is 0.807. The molecular weight excluding hydrogens is 354 g/mol. The molecule has 2 aromatic carbocycles. The molecule has 0 aliphatic carbocycles. The van der Waals surface area contributed by atoms with Crippen LogP contribution >= 0.6 is 11.6 Å². The standard InChI is InChI=1S/C19H20ClN3O3/c1-26-17-11-15(21)14(20)10-13(17)18(24)22-16-8-5-9-23(19(16)25)12-6-3-2-4-7-12/h2-4,6-7,10-11,16H,5,8-9,21H2,1H3,(H,22,24). The first kappa shape index (κ1) is 18.1. The zero-order valence-electron chi connectivity index (χ0n) is 14.4. The molecule has 1 atom stereocenters. The number of para-hydroxylation sites is 1. The van der Waals surface area contributed by atoms with E-state index in [2.05, 4.69) is 5.32 Å². The Morgan fingerprint density at radius 1 is 1.31 bits per heavy atom. The van der Waals surface area contributed by atoms with Crippen LogP contribution in [-0.2, 0) is 4.79 Å². The van der Waals surface area contributed by atoms with Crippen LogP contribution in [-0.4, -0.2) is 31.5 Å². The first-order valence-electron chi connectivity index (χ1n) is 8.31. The molecule has 1 unspecified atom stereocenters. The van der Waals surface area contributed by atoms with Crippen molar-refractivity contribution in [3.63, 3.8) is 0 Å². The minimum Gasteiger partial charge on any atom is -0.496 e. The molecule has 2 amide bonds. The number of carbonyl (C=O) groups excluding carboxylic acids is 2. The fourth-order valence-corrected chi connectivity index (χ4v) is 3.19. The minimum atomic E-state index is -0.600. The van der Waals surface area contributed by atoms with E-state index in [0.29, 0.717) is 24.4 Å². The number of hydrogen-bond acceptors (Lipinski definition) is 4. The molecule has 1 saturated heterocycles. The van der Waals surface area contributed by atoms with Crippen molar-refractivity contribution in [2.75, 3.05) is 24.3 Å². The highest BCUT2D eigenvalue weighted by Gasteiger charge is 2.31. The zero-order valence-corrected chi connectivity index (χ0v) is 15.1. The smallest absolute Gasteiger partial charge is 0.255 e. The van der Waals surface area contributed by atoms with Gasteiger partial charge in [0, 0.05) is 18.3 Å². The Morgan fingerprint density at radius 3 is 2.73 bits per heavy atom. The van der Waals surface area contributed by atoms with Gasteiger partial charge in [-0.3, -0.25) is 9.59 Å². The van der Waals surface area contributed by atoms with E-state index in [9.17, 15) is 9.59 Å². The molecule has 0 aromatic heterocycles. The molecule has 0 radical (unpaired) electrons. The molecular formula is C19H20ClN3O3. The van der Waals surface area contributed by atoms with Crippen molar-refractivity contribution >= 4 is 34.8 Å². The third-order valence-electron chi connectivity index (χ3n) is 4.38. The summed E-state index contributed by atoms with van der Waals surface area (Å²) in [6.45, 7) is 0.631. The third kappa shape index (κ3) is 3.60. The summed E-state index contributed by atoms with van der Waals surface area (Å²) < 4.78 is 5.21. The van der Waals surface area contributed by atoms with Gasteiger partial charge in [-0.25, -0.2) is 0 Å². The maximum Gasteiger partial charge on any atom is 0.255 e. The first-order chi connectivity index (χ1) is 12.5. The van der Waals surface area contributed by atoms with Crippen molar-refractivity contribution in [2.24, 2.45) is 0 Å². The number of ether oxygens (including phenoxy) is 1. The Morgan fingerprint density at radius 2 is 2.04 bits per heavy atom. The van der Waals surface area contributed by atoms with Crippen molar-refractivity contribution in [3.8, 4) is 5.75 Å². The lowest BCUT2D eigenvalue weighted by molar-refractivity contribution is -0.121. The second kappa shape index (κ2) is 7.66. The van der Waals surface area contributed by atoms with Crippen molar-refractivity contribution < 1.29 is 14.3 Å². The van der Waals surface area contributed by atoms with Crippen LogP contribution in [0, 0.1) is 0 Å². The van der Waals surface area contributed by atoms with Gasteiger partial charge >= 0.3 is 0 Å². The van der Waals surface area contributed by atoms with Gasteiger partial charge in [0.25, 0.3) is 5.91 Å². The van der Waals surface area contributed by atoms with Gasteiger partial charge in [-0.2, -0.15) is 0 Å². The predicted molar refractivity (Wildman–Crippen MR) is 102 cm³/mol. The highest BCUT2D eigenvalue weighted by molar-refractivity contribution is 6.33. The van der Waals surface area contributed by atoms with E-state index in [1.54, 1.807) is 4.90 Å². The van der Waals surface area contributed by atoms with E-state index in [4.69, 9.17) is 22.1 Å². The fourth-order valence-electron chi connectivity index (χ4n) is 3.02. The predicted octanol–water partition coefficient (Wildman–Crippen LogP) is 2.86. The average Bonchev–Trinajstić information content (AvgIpc) is 2.66. The number of nitrogen functional groups attached to an aromatic ring is 1. The van der Waals surface area contributed by atoms with Crippen molar-refractivity contribution in [1.82, 2.24) is 5.32 Å². The molecule has 1 heterocycles. The molecule has 6 nitrogen and oxygen atoms in total. The van der Waals surface area contributed by atoms with Crippen molar-refractivity contribution in [1.29, 1.82) is 0 Å². The van der Waals surface area contributed by atoms with E-state index in [-0.39, 0.29) is 16.5 Å². The number of rotatable bonds is 4. The highest BCUT2D eigenvalue weighted by atomic mass is 35.5. The Balaban J connectivity index is 1.79. The van der Waals surface area contributed by atoms with Crippen LogP contribution in [0.15, 0.2) is 42.5 Å². The van der Waals surface area contributed by atoms with E-state index in [1.807, 2.05) is 30.3 Å². The molecule has 0 saturated carbocycles. The molecule has 7 heteroatoms. The Hall–Kier alpha value is -2.73. The van der Waals surface area contributed by atoms with Crippen molar-refractivity contribution in [2.45, 2.75) is 18.9 Å². The van der Waals surface area contributed by atoms with Crippen molar-refractivity contribution in [3.05, 3.63) is 53.1 Å². The van der Waals surface area contributed by atoms with Gasteiger partial charge in [-0.15, -0.1) is 0 Å². The van der Waals surface area contributed by atoms with Crippen LogP contribution in [0.4, 0.5) is 11.4 Å². The summed E-state index contributed by atoms with van der Waals surface area (Å²) >= 11 is 6.03. The summed E-state index contributed by atoms with van der Waals surface area (Å²) in [5.41, 5.74) is 7.14. The number of nitrogens with zero attached hydrogens (tertiary/aromatic N) is 1. The largest absolute Gasteiger partial charge is 0.496 e. The number of nitrogens with two attached hydrogens (primary N) is 1. The van der Waals surface area contributed by atoms with E-state index < -0.39 is 11.9 Å². The first-order valence-corrected chi connectivity index (χ1v) is 8.69. The van der Waals surface area contributed by atoms with Gasteiger partial charge in [-0.1, -0.05) is 29.8 Å². The molecule has 26 heavy (non-hydrogen) atoms. The molecule has 0 spiro atoms. The number of hydrogen-bond donors (Lipinski definition) is 2. The van der Waals surface area contributed by atoms with Gasteiger partial charge in [0.15, 0.2) is 0 Å². The molecule has 3 N–H and O–H groups in total. The minimum absolute atomic E-state index is 0.128. The Kier molecular flexibility index (Phi) is 5.32. The van der Waals surface area contributed by atoms with E-state index in [0.717, 1.165) is 12.1 Å². The maximum absolute atomic E-state index is 12.8. The van der Waals surface area contributed by atoms with Crippen LogP contribution < -0.4 is 20.7 Å². The molecule has 0 bridgehead atoms. The van der Waals surface area contributed by atoms with E-state index in [1.165, 1.54) is 19.2 Å². The van der Waals surface area contributed by atoms with Gasteiger partial charge < -0.3 is 20.7 Å². The summed E-state index contributed by atoms with van der Waals surface area (Å²) in [7, 11) is 1.45. The van der Waals surface area contributed by atoms with Crippen LogP contribution in [0.5, 0.6) is 5.75 Å². The lowest BCUT2D eigenvalue weighted by Crippen LogP contribution is -2.52.